The lowest BCUT2D eigenvalue weighted by Crippen LogP contribution is -2.41. The van der Waals surface area contributed by atoms with E-state index in [4.69, 9.17) is 21.1 Å². The van der Waals surface area contributed by atoms with Gasteiger partial charge in [-0.05, 0) is 55.3 Å². The van der Waals surface area contributed by atoms with Gasteiger partial charge in [-0.3, -0.25) is 14.4 Å². The number of carbonyl (C=O) groups is 3. The Hall–Kier alpha value is -3.59. The minimum absolute atomic E-state index is 0.110. The summed E-state index contributed by atoms with van der Waals surface area (Å²) in [6.45, 7) is 3.45. The Labute approximate surface area is 191 Å². The number of ether oxygens (including phenoxy) is 2. The molecule has 0 aliphatic heterocycles. The van der Waals surface area contributed by atoms with E-state index in [1.54, 1.807) is 49.4 Å². The van der Waals surface area contributed by atoms with Gasteiger partial charge < -0.3 is 20.1 Å². The SMILES string of the molecule is CC[C@@H](C)NC(=O)C(=O)N/N=C\c1ccc(OCC(=O)Nc2cccc(Cl)c2)c(OC)c1. The molecule has 0 radical (unpaired) electrons. The number of benzene rings is 2. The lowest BCUT2D eigenvalue weighted by molar-refractivity contribution is -0.139. The quantitative estimate of drug-likeness (QED) is 0.302. The molecule has 32 heavy (non-hydrogen) atoms. The van der Waals surface area contributed by atoms with E-state index in [-0.39, 0.29) is 18.6 Å². The first-order chi connectivity index (χ1) is 15.3. The standard InChI is InChI=1S/C22H25ClN4O5/c1-4-14(2)25-21(29)22(30)27-24-12-15-8-9-18(19(10-15)31-3)32-13-20(28)26-17-7-5-6-16(23)11-17/h5-12,14H,4,13H2,1-3H3,(H,25,29)(H,26,28)(H,27,30)/b24-12-/t14-/m1/s1. The highest BCUT2D eigenvalue weighted by Crippen LogP contribution is 2.27. The highest BCUT2D eigenvalue weighted by atomic mass is 35.5. The van der Waals surface area contributed by atoms with Crippen molar-refractivity contribution in [2.24, 2.45) is 5.10 Å². The second-order valence-corrected chi connectivity index (χ2v) is 7.18. The summed E-state index contributed by atoms with van der Waals surface area (Å²) < 4.78 is 10.8. The first-order valence-electron chi connectivity index (χ1n) is 9.82. The molecule has 0 aliphatic carbocycles. The number of nitrogens with one attached hydrogen (secondary N) is 3. The van der Waals surface area contributed by atoms with E-state index in [2.05, 4.69) is 21.2 Å². The molecule has 0 fully saturated rings. The number of nitrogens with zero attached hydrogens (tertiary/aromatic N) is 1. The number of hydrazone groups is 1. The smallest absolute Gasteiger partial charge is 0.329 e. The lowest BCUT2D eigenvalue weighted by atomic mass is 10.2. The van der Waals surface area contributed by atoms with E-state index in [9.17, 15) is 14.4 Å². The number of hydrogen-bond acceptors (Lipinski definition) is 6. The zero-order valence-corrected chi connectivity index (χ0v) is 18.7. The third-order valence-electron chi connectivity index (χ3n) is 4.23. The van der Waals surface area contributed by atoms with Crippen molar-refractivity contribution >= 4 is 41.2 Å². The molecular weight excluding hydrogens is 436 g/mol. The van der Waals surface area contributed by atoms with Crippen molar-refractivity contribution in [2.45, 2.75) is 26.3 Å². The van der Waals surface area contributed by atoms with Gasteiger partial charge in [0.25, 0.3) is 5.91 Å². The normalized spacial score (nSPS) is 11.5. The van der Waals surface area contributed by atoms with Crippen molar-refractivity contribution in [3.63, 3.8) is 0 Å². The van der Waals surface area contributed by atoms with Crippen LogP contribution >= 0.6 is 11.6 Å². The molecule has 0 saturated carbocycles. The van der Waals surface area contributed by atoms with Crippen LogP contribution in [0.3, 0.4) is 0 Å². The van der Waals surface area contributed by atoms with Gasteiger partial charge in [0, 0.05) is 16.8 Å². The summed E-state index contributed by atoms with van der Waals surface area (Å²) in [5.41, 5.74) is 3.31. The monoisotopic (exact) mass is 460 g/mol. The summed E-state index contributed by atoms with van der Waals surface area (Å²) >= 11 is 5.90. The fourth-order valence-electron chi connectivity index (χ4n) is 2.40. The fraction of sp³-hybridized carbons (Fsp3) is 0.273. The number of hydrogen-bond donors (Lipinski definition) is 3. The summed E-state index contributed by atoms with van der Waals surface area (Å²) in [6.07, 6.45) is 2.06. The molecule has 0 spiro atoms. The number of carbonyl (C=O) groups excluding carboxylic acids is 3. The maximum absolute atomic E-state index is 12.1. The van der Waals surface area contributed by atoms with Crippen molar-refractivity contribution < 1.29 is 23.9 Å². The van der Waals surface area contributed by atoms with Crippen LogP contribution in [0.25, 0.3) is 0 Å². The molecule has 9 nitrogen and oxygen atoms in total. The second-order valence-electron chi connectivity index (χ2n) is 6.74. The van der Waals surface area contributed by atoms with Crippen LogP contribution < -0.4 is 25.5 Å². The van der Waals surface area contributed by atoms with Crippen LogP contribution in [-0.2, 0) is 14.4 Å². The van der Waals surface area contributed by atoms with Gasteiger partial charge >= 0.3 is 11.8 Å². The predicted molar refractivity (Wildman–Crippen MR) is 122 cm³/mol. The van der Waals surface area contributed by atoms with Gasteiger partial charge in [0.15, 0.2) is 18.1 Å². The molecule has 2 aromatic carbocycles. The number of rotatable bonds is 9. The highest BCUT2D eigenvalue weighted by molar-refractivity contribution is 6.35. The minimum atomic E-state index is -0.862. The molecular formula is C22H25ClN4O5. The lowest BCUT2D eigenvalue weighted by Gasteiger charge is -2.11. The third kappa shape index (κ3) is 7.92. The maximum Gasteiger partial charge on any atom is 0.329 e. The van der Waals surface area contributed by atoms with Gasteiger partial charge in [-0.2, -0.15) is 5.10 Å². The van der Waals surface area contributed by atoms with Crippen molar-refractivity contribution in [3.8, 4) is 11.5 Å². The van der Waals surface area contributed by atoms with Gasteiger partial charge in [-0.15, -0.1) is 0 Å². The zero-order valence-electron chi connectivity index (χ0n) is 18.0. The third-order valence-corrected chi connectivity index (χ3v) is 4.47. The Kier molecular flexibility index (Phi) is 9.49. The molecule has 0 heterocycles. The maximum atomic E-state index is 12.1. The predicted octanol–water partition coefficient (Wildman–Crippen LogP) is 2.73. The molecule has 3 amide bonds. The molecule has 0 saturated heterocycles. The van der Waals surface area contributed by atoms with E-state index >= 15 is 0 Å². The summed E-state index contributed by atoms with van der Waals surface area (Å²) in [7, 11) is 1.45. The number of anilines is 1. The molecule has 1 atom stereocenters. The van der Waals surface area contributed by atoms with Crippen LogP contribution in [0.15, 0.2) is 47.6 Å². The summed E-state index contributed by atoms with van der Waals surface area (Å²) in [5.74, 6) is -1.26. The molecule has 2 aromatic rings. The van der Waals surface area contributed by atoms with Gasteiger partial charge in [-0.1, -0.05) is 24.6 Å². The largest absolute Gasteiger partial charge is 0.493 e. The van der Waals surface area contributed by atoms with Gasteiger partial charge in [0.05, 0.1) is 13.3 Å². The van der Waals surface area contributed by atoms with Crippen LogP contribution in [0.1, 0.15) is 25.8 Å². The van der Waals surface area contributed by atoms with E-state index in [0.717, 1.165) is 0 Å². The van der Waals surface area contributed by atoms with Gasteiger partial charge in [0.2, 0.25) is 0 Å². The number of methoxy groups -OCH3 is 1. The minimum Gasteiger partial charge on any atom is -0.493 e. The van der Waals surface area contributed by atoms with Gasteiger partial charge in [0.1, 0.15) is 0 Å². The summed E-state index contributed by atoms with van der Waals surface area (Å²) in [5, 5.41) is 9.51. The molecule has 0 aliphatic rings. The average molecular weight is 461 g/mol. The molecule has 2 rings (SSSR count). The Balaban J connectivity index is 1.91. The average Bonchev–Trinajstić information content (AvgIpc) is 2.77. The van der Waals surface area contributed by atoms with Gasteiger partial charge in [-0.25, -0.2) is 5.43 Å². The Morgan fingerprint density at radius 3 is 2.59 bits per heavy atom. The molecule has 170 valence electrons. The Morgan fingerprint density at radius 1 is 1.12 bits per heavy atom. The number of halogens is 1. The van der Waals surface area contributed by atoms with E-state index in [1.807, 2.05) is 6.92 Å². The van der Waals surface area contributed by atoms with Crippen LogP contribution in [0.2, 0.25) is 5.02 Å². The Bertz CT molecular complexity index is 996. The molecule has 10 heteroatoms. The second kappa shape index (κ2) is 12.3. The first-order valence-corrected chi connectivity index (χ1v) is 10.2. The molecule has 0 bridgehead atoms. The van der Waals surface area contributed by atoms with Crippen molar-refractivity contribution in [1.29, 1.82) is 0 Å². The Morgan fingerprint density at radius 2 is 1.91 bits per heavy atom. The van der Waals surface area contributed by atoms with Crippen molar-refractivity contribution in [3.05, 3.63) is 53.1 Å². The number of amides is 3. The molecule has 0 unspecified atom stereocenters. The van der Waals surface area contributed by atoms with Crippen LogP contribution in [0.4, 0.5) is 5.69 Å². The molecule has 0 aromatic heterocycles. The fourth-order valence-corrected chi connectivity index (χ4v) is 2.59. The van der Waals surface area contributed by atoms with Crippen LogP contribution in [0.5, 0.6) is 11.5 Å². The van der Waals surface area contributed by atoms with E-state index in [0.29, 0.717) is 34.2 Å². The summed E-state index contributed by atoms with van der Waals surface area (Å²) in [4.78, 5) is 35.5. The van der Waals surface area contributed by atoms with E-state index < -0.39 is 11.8 Å². The van der Waals surface area contributed by atoms with Crippen LogP contribution in [-0.4, -0.2) is 43.7 Å². The zero-order chi connectivity index (χ0) is 23.5. The van der Waals surface area contributed by atoms with Crippen molar-refractivity contribution in [2.75, 3.05) is 19.0 Å². The molecule has 3 N–H and O–H groups in total. The summed E-state index contributed by atoms with van der Waals surface area (Å²) in [6, 6.07) is 11.5. The highest BCUT2D eigenvalue weighted by Gasteiger charge is 2.14. The van der Waals surface area contributed by atoms with E-state index in [1.165, 1.54) is 13.3 Å². The van der Waals surface area contributed by atoms with Crippen LogP contribution in [0, 0.1) is 0 Å². The topological polar surface area (TPSA) is 118 Å². The first kappa shape index (κ1) is 24.7. The van der Waals surface area contributed by atoms with Crippen molar-refractivity contribution in [1.82, 2.24) is 10.7 Å².